The molecule has 0 bridgehead atoms. The summed E-state index contributed by atoms with van der Waals surface area (Å²) >= 11 is 0. The molecule has 66 valence electrons. The topological polar surface area (TPSA) is 66.8 Å². The van der Waals surface area contributed by atoms with Gasteiger partial charge >= 0.3 is 162 Å². The van der Waals surface area contributed by atoms with E-state index in [1.807, 2.05) is 0 Å². The van der Waals surface area contributed by atoms with Crippen molar-refractivity contribution in [3.05, 3.63) is 30.3 Å². The fourth-order valence-electron chi connectivity index (χ4n) is 0.619. The maximum Gasteiger partial charge on any atom is 1.00 e. The minimum Gasteiger partial charge on any atom is -1.00 e. The quantitative estimate of drug-likeness (QED) is 0.420. The molecule has 14 heavy (non-hydrogen) atoms. The number of hydrogen-bond donors (Lipinski definition) is 2. The zero-order valence-corrected chi connectivity index (χ0v) is 18.8. The van der Waals surface area contributed by atoms with Gasteiger partial charge in [-0.1, -0.05) is 18.2 Å². The Morgan fingerprint density at radius 3 is 1.86 bits per heavy atom. The molecule has 4 nitrogen and oxygen atoms in total. The second-order valence-electron chi connectivity index (χ2n) is 1.89. The summed E-state index contributed by atoms with van der Waals surface area (Å²) in [5.74, 6) is 0.167. The molecule has 2 N–H and O–H groups in total. The van der Waals surface area contributed by atoms with Gasteiger partial charge in [0, 0.05) is 0 Å². The van der Waals surface area contributed by atoms with Gasteiger partial charge in [0.2, 0.25) is 0 Å². The molecule has 0 atom stereocenters. The minimum atomic E-state index is -4.39. The van der Waals surface area contributed by atoms with Gasteiger partial charge in [-0.05, 0) is 12.1 Å². The number of para-hydroxylation sites is 1. The van der Waals surface area contributed by atoms with Crippen LogP contribution in [0.25, 0.3) is 0 Å². The molecule has 0 saturated carbocycles. The number of hydrogen-bond acceptors (Lipinski definition) is 2. The average Bonchev–Trinajstić information content (AvgIpc) is 1.85. The molecule has 0 heterocycles. The van der Waals surface area contributed by atoms with Crippen molar-refractivity contribution in [2.24, 2.45) is 0 Å². The molecule has 1 aromatic rings. The molecule has 0 fully saturated rings. The molecule has 1 rings (SSSR count). The van der Waals surface area contributed by atoms with Crippen molar-refractivity contribution in [2.45, 2.75) is 0 Å². The van der Waals surface area contributed by atoms with E-state index in [1.54, 1.807) is 18.2 Å². The molecule has 0 spiro atoms. The summed E-state index contributed by atoms with van der Waals surface area (Å²) in [6, 6.07) is 7.93. The maximum absolute atomic E-state index is 10.3. The number of rotatable bonds is 2. The van der Waals surface area contributed by atoms with Gasteiger partial charge in [0.25, 0.3) is 0 Å². The van der Waals surface area contributed by atoms with Gasteiger partial charge in [0.1, 0.15) is 5.75 Å². The zero-order valence-electron chi connectivity index (χ0n) is 11.5. The van der Waals surface area contributed by atoms with E-state index in [9.17, 15) is 4.57 Å². The van der Waals surface area contributed by atoms with Crippen LogP contribution in [0.5, 0.6) is 5.75 Å². The van der Waals surface area contributed by atoms with Gasteiger partial charge in [0.05, 0.1) is 0 Å². The molecule has 1 aromatic carbocycles. The Balaban J connectivity index is -0.0000000504. The van der Waals surface area contributed by atoms with E-state index in [2.05, 4.69) is 4.52 Å². The molecule has 8 heteroatoms. The van der Waals surface area contributed by atoms with Crippen LogP contribution in [0.1, 0.15) is 4.28 Å². The van der Waals surface area contributed by atoms with Crippen molar-refractivity contribution in [2.75, 3.05) is 0 Å². The third-order valence-electron chi connectivity index (χ3n) is 0.968. The largest absolute Gasteiger partial charge is 1.00 e. The summed E-state index contributed by atoms with van der Waals surface area (Å²) < 4.78 is 14.5. The van der Waals surface area contributed by atoms with Crippen molar-refractivity contribution in [3.8, 4) is 5.75 Å². The molecule has 0 aliphatic rings. The zero-order chi connectivity index (χ0) is 8.32. The van der Waals surface area contributed by atoms with Gasteiger partial charge in [-0.3, -0.25) is 9.79 Å². The van der Waals surface area contributed by atoms with Crippen molar-refractivity contribution in [3.63, 3.8) is 0 Å². The van der Waals surface area contributed by atoms with Crippen LogP contribution in [0, 0.1) is 0 Å². The summed E-state index contributed by atoms with van der Waals surface area (Å²) in [7, 11) is -4.39. The van der Waals surface area contributed by atoms with E-state index >= 15 is 0 Å². The standard InChI is InChI=1S/C6H7O4P.3K.3H/c7-11(8,9)10-6-4-2-1-3-5-6;;;;;;/h1-5H,(H2,7,8,9);;;;;;/q;3*+1;3*-1. The van der Waals surface area contributed by atoms with Crippen LogP contribution < -0.4 is 159 Å². The maximum atomic E-state index is 10.3. The van der Waals surface area contributed by atoms with E-state index in [4.69, 9.17) is 9.79 Å². The molecule has 0 saturated heterocycles. The van der Waals surface area contributed by atoms with Crippen molar-refractivity contribution < 1.29 is 177 Å². The fraction of sp³-hybridized carbons (Fsp3) is 0. The summed E-state index contributed by atoms with van der Waals surface area (Å²) in [5, 5.41) is 0. The Morgan fingerprint density at radius 2 is 1.50 bits per heavy atom. The first-order chi connectivity index (χ1) is 5.08. The first-order valence-corrected chi connectivity index (χ1v) is 4.41. The number of benzene rings is 1. The average molecular weight is 294 g/mol. The summed E-state index contributed by atoms with van der Waals surface area (Å²) in [5.41, 5.74) is 0. The molecule has 0 unspecified atom stereocenters. The molecule has 0 amide bonds. The van der Waals surface area contributed by atoms with E-state index in [0.29, 0.717) is 0 Å². The fourth-order valence-corrected chi connectivity index (χ4v) is 1.02. The SMILES string of the molecule is O=P(O)(O)Oc1ccccc1.[H-].[H-].[H-].[K+].[K+].[K+]. The Labute approximate surface area is 215 Å². The van der Waals surface area contributed by atoms with Crippen LogP contribution in [-0.4, -0.2) is 9.79 Å². The predicted molar refractivity (Wildman–Crippen MR) is 42.5 cm³/mol. The van der Waals surface area contributed by atoms with Gasteiger partial charge in [-0.15, -0.1) is 0 Å². The molecular weight excluding hydrogens is 284 g/mol. The third-order valence-corrected chi connectivity index (χ3v) is 1.42. The van der Waals surface area contributed by atoms with Crippen molar-refractivity contribution in [1.82, 2.24) is 0 Å². The van der Waals surface area contributed by atoms with Gasteiger partial charge in [-0.2, -0.15) is 0 Å². The molecule has 0 aromatic heterocycles. The van der Waals surface area contributed by atoms with Crippen LogP contribution >= 0.6 is 7.82 Å². The Morgan fingerprint density at radius 1 is 1.07 bits per heavy atom. The van der Waals surface area contributed by atoms with Crippen LogP contribution in [0.15, 0.2) is 30.3 Å². The van der Waals surface area contributed by atoms with Crippen LogP contribution in [-0.2, 0) is 4.57 Å². The summed E-state index contributed by atoms with van der Waals surface area (Å²) in [6.45, 7) is 0. The number of phosphoric acid groups is 1. The van der Waals surface area contributed by atoms with Gasteiger partial charge in [-0.25, -0.2) is 4.57 Å². The van der Waals surface area contributed by atoms with Crippen LogP contribution in [0.3, 0.4) is 0 Å². The van der Waals surface area contributed by atoms with Gasteiger partial charge < -0.3 is 8.80 Å². The minimum absolute atomic E-state index is 0. The first kappa shape index (κ1) is 23.2. The normalized spacial score (nSPS) is 8.71. The first-order valence-electron chi connectivity index (χ1n) is 2.88. The van der Waals surface area contributed by atoms with E-state index in [1.165, 1.54) is 12.1 Å². The van der Waals surface area contributed by atoms with Gasteiger partial charge in [0.15, 0.2) is 0 Å². The Kier molecular flexibility index (Phi) is 20.1. The summed E-state index contributed by atoms with van der Waals surface area (Å²) in [6.07, 6.45) is 0. The third kappa shape index (κ3) is 12.5. The van der Waals surface area contributed by atoms with Crippen LogP contribution in [0.4, 0.5) is 0 Å². The van der Waals surface area contributed by atoms with E-state index in [-0.39, 0.29) is 164 Å². The second-order valence-corrected chi connectivity index (χ2v) is 3.06. The predicted octanol–water partition coefficient (Wildman–Crippen LogP) is -7.49. The Bertz CT molecular complexity index is 287. The van der Waals surface area contributed by atoms with E-state index < -0.39 is 7.82 Å². The molecular formula is C6H10K3O4P. The summed E-state index contributed by atoms with van der Waals surface area (Å²) in [4.78, 5) is 16.7. The van der Waals surface area contributed by atoms with E-state index in [0.717, 1.165) is 0 Å². The smallest absolute Gasteiger partial charge is 1.00 e. The molecule has 0 radical (unpaired) electrons. The Hall–Kier alpha value is 4.08. The molecule has 0 aliphatic heterocycles. The number of phosphoric ester groups is 1. The van der Waals surface area contributed by atoms with Crippen molar-refractivity contribution in [1.29, 1.82) is 0 Å². The van der Waals surface area contributed by atoms with Crippen molar-refractivity contribution >= 4 is 7.82 Å². The monoisotopic (exact) mass is 294 g/mol. The molecule has 0 aliphatic carbocycles. The van der Waals surface area contributed by atoms with Crippen LogP contribution in [0.2, 0.25) is 0 Å². The second kappa shape index (κ2) is 12.1.